The molecule has 1 amide bonds. The number of hydrogen-bond donors (Lipinski definition) is 1. The van der Waals surface area contributed by atoms with Gasteiger partial charge in [0.1, 0.15) is 6.04 Å². The number of carboxylic acid groups (broad SMARTS) is 1. The molecule has 1 N–H and O–H groups in total. The van der Waals surface area contributed by atoms with E-state index in [4.69, 9.17) is 5.11 Å². The lowest BCUT2D eigenvalue weighted by Gasteiger charge is -2.21. The lowest BCUT2D eigenvalue weighted by atomic mass is 10.3. The summed E-state index contributed by atoms with van der Waals surface area (Å²) in [6, 6.07) is -1.37. The predicted octanol–water partition coefficient (Wildman–Crippen LogP) is 0.535. The second kappa shape index (κ2) is 3.68. The highest BCUT2D eigenvalue weighted by atomic mass is 32.2. The number of carbonyl (C=O) groups excluding carboxylic acids is 1. The Bertz CT molecular complexity index is 268. The van der Waals surface area contributed by atoms with E-state index in [2.05, 4.69) is 0 Å². The van der Waals surface area contributed by atoms with Crippen LogP contribution in [0.3, 0.4) is 0 Å². The number of amides is 1. The van der Waals surface area contributed by atoms with E-state index in [1.54, 1.807) is 0 Å². The number of aliphatic carboxylic acids is 1. The van der Waals surface area contributed by atoms with Crippen molar-refractivity contribution >= 4 is 23.6 Å². The number of rotatable bonds is 1. The van der Waals surface area contributed by atoms with E-state index in [-0.39, 0.29) is 11.6 Å². The first kappa shape index (κ1) is 11.2. The van der Waals surface area contributed by atoms with E-state index in [1.807, 2.05) is 0 Å². The molecule has 14 heavy (non-hydrogen) atoms. The van der Waals surface area contributed by atoms with E-state index in [9.17, 15) is 22.8 Å². The minimum Gasteiger partial charge on any atom is -0.480 e. The highest BCUT2D eigenvalue weighted by Gasteiger charge is 2.48. The Hall–Kier alpha value is -0.920. The zero-order chi connectivity index (χ0) is 10.9. The first-order valence-electron chi connectivity index (χ1n) is 3.52. The zero-order valence-electron chi connectivity index (χ0n) is 6.74. The third kappa shape index (κ3) is 2.11. The number of alkyl halides is 3. The summed E-state index contributed by atoms with van der Waals surface area (Å²) in [7, 11) is 0. The van der Waals surface area contributed by atoms with Crippen molar-refractivity contribution in [3.63, 3.8) is 0 Å². The molecule has 0 saturated carbocycles. The highest BCUT2D eigenvalue weighted by Crippen LogP contribution is 2.27. The van der Waals surface area contributed by atoms with Gasteiger partial charge in [0.2, 0.25) is 0 Å². The van der Waals surface area contributed by atoms with Crippen LogP contribution in [0.15, 0.2) is 0 Å². The molecule has 80 valence electrons. The summed E-state index contributed by atoms with van der Waals surface area (Å²) in [5.74, 6) is -3.73. The van der Waals surface area contributed by atoms with Crippen molar-refractivity contribution in [2.24, 2.45) is 0 Å². The lowest BCUT2D eigenvalue weighted by Crippen LogP contribution is -2.47. The Kier molecular flexibility index (Phi) is 2.93. The van der Waals surface area contributed by atoms with Crippen molar-refractivity contribution in [3.05, 3.63) is 0 Å². The molecule has 0 aromatic heterocycles. The molecule has 8 heteroatoms. The summed E-state index contributed by atoms with van der Waals surface area (Å²) in [4.78, 5) is 21.5. The molecular weight excluding hydrogens is 223 g/mol. The molecule has 1 heterocycles. The van der Waals surface area contributed by atoms with Gasteiger partial charge in [0.25, 0.3) is 0 Å². The maximum absolute atomic E-state index is 11.9. The average Bonchev–Trinajstić information content (AvgIpc) is 2.48. The molecule has 1 unspecified atom stereocenters. The van der Waals surface area contributed by atoms with Gasteiger partial charge in [-0.3, -0.25) is 4.79 Å². The molecule has 0 bridgehead atoms. The van der Waals surface area contributed by atoms with E-state index in [1.165, 1.54) is 0 Å². The SMILES string of the molecule is O=C(O)C1CSCN1C(=O)C(F)(F)F. The second-order valence-corrected chi connectivity index (χ2v) is 3.63. The van der Waals surface area contributed by atoms with E-state index < -0.39 is 24.1 Å². The normalized spacial score (nSPS) is 22.5. The van der Waals surface area contributed by atoms with Gasteiger partial charge < -0.3 is 10.0 Å². The van der Waals surface area contributed by atoms with Crippen molar-refractivity contribution in [1.29, 1.82) is 0 Å². The molecule has 4 nitrogen and oxygen atoms in total. The first-order chi connectivity index (χ1) is 6.34. The fourth-order valence-electron chi connectivity index (χ4n) is 1.01. The Labute approximate surface area is 81.1 Å². The van der Waals surface area contributed by atoms with Gasteiger partial charge in [0.05, 0.1) is 5.88 Å². The summed E-state index contributed by atoms with van der Waals surface area (Å²) in [5.41, 5.74) is 0. The third-order valence-electron chi connectivity index (χ3n) is 1.67. The van der Waals surface area contributed by atoms with E-state index in [0.29, 0.717) is 4.90 Å². The maximum atomic E-state index is 11.9. The molecule has 1 aliphatic rings. The van der Waals surface area contributed by atoms with Gasteiger partial charge in [-0.05, 0) is 0 Å². The molecule has 1 atom stereocenters. The fourth-order valence-corrected chi connectivity index (χ4v) is 2.16. The summed E-state index contributed by atoms with van der Waals surface area (Å²) in [6.07, 6.45) is -5.00. The number of carboxylic acids is 1. The second-order valence-electron chi connectivity index (χ2n) is 2.63. The summed E-state index contributed by atoms with van der Waals surface area (Å²) in [5, 5.41) is 8.52. The molecule has 0 aromatic carbocycles. The Morgan fingerprint density at radius 3 is 2.43 bits per heavy atom. The number of nitrogens with zero attached hydrogens (tertiary/aromatic N) is 1. The van der Waals surface area contributed by atoms with Gasteiger partial charge in [-0.25, -0.2) is 4.79 Å². The van der Waals surface area contributed by atoms with Gasteiger partial charge in [-0.15, -0.1) is 11.8 Å². The molecule has 1 fully saturated rings. The van der Waals surface area contributed by atoms with Crippen LogP contribution in [0.2, 0.25) is 0 Å². The minimum atomic E-state index is -5.00. The quantitative estimate of drug-likeness (QED) is 0.712. The standard InChI is InChI=1S/C6H6F3NO3S/c7-6(8,9)5(13)10-2-14-1-3(10)4(11)12/h3H,1-2H2,(H,11,12). The number of carbonyl (C=O) groups is 2. The first-order valence-corrected chi connectivity index (χ1v) is 4.68. The highest BCUT2D eigenvalue weighted by molar-refractivity contribution is 7.99. The van der Waals surface area contributed by atoms with Crippen molar-refractivity contribution < 1.29 is 27.9 Å². The summed E-state index contributed by atoms with van der Waals surface area (Å²) >= 11 is 0.987. The topological polar surface area (TPSA) is 57.6 Å². The van der Waals surface area contributed by atoms with Crippen molar-refractivity contribution in [2.75, 3.05) is 11.6 Å². The van der Waals surface area contributed by atoms with Gasteiger partial charge in [-0.1, -0.05) is 0 Å². The smallest absolute Gasteiger partial charge is 0.471 e. The molecule has 0 aliphatic carbocycles. The number of halogens is 3. The van der Waals surface area contributed by atoms with Crippen LogP contribution in [-0.2, 0) is 9.59 Å². The Morgan fingerprint density at radius 1 is 1.43 bits per heavy atom. The third-order valence-corrected chi connectivity index (χ3v) is 2.68. The Balaban J connectivity index is 2.77. The minimum absolute atomic E-state index is 0.00282. The van der Waals surface area contributed by atoms with Gasteiger partial charge in [-0.2, -0.15) is 13.2 Å². The van der Waals surface area contributed by atoms with Crippen LogP contribution in [0, 0.1) is 0 Å². The van der Waals surface area contributed by atoms with E-state index >= 15 is 0 Å². The summed E-state index contributed by atoms with van der Waals surface area (Å²) < 4.78 is 35.8. The molecule has 0 spiro atoms. The predicted molar refractivity (Wildman–Crippen MR) is 41.6 cm³/mol. The van der Waals surface area contributed by atoms with Crippen LogP contribution >= 0.6 is 11.8 Å². The molecular formula is C6H6F3NO3S. The van der Waals surface area contributed by atoms with Crippen molar-refractivity contribution in [1.82, 2.24) is 4.90 Å². The monoisotopic (exact) mass is 229 g/mol. The van der Waals surface area contributed by atoms with Crippen LogP contribution in [0.25, 0.3) is 0 Å². The van der Waals surface area contributed by atoms with Gasteiger partial charge in [0.15, 0.2) is 0 Å². The van der Waals surface area contributed by atoms with Crippen molar-refractivity contribution in [2.45, 2.75) is 12.2 Å². The molecule has 1 saturated heterocycles. The van der Waals surface area contributed by atoms with Crippen LogP contribution < -0.4 is 0 Å². The van der Waals surface area contributed by atoms with Gasteiger partial charge >= 0.3 is 18.1 Å². The molecule has 1 rings (SSSR count). The Morgan fingerprint density at radius 2 is 2.00 bits per heavy atom. The molecule has 0 aromatic rings. The number of thioether (sulfide) groups is 1. The van der Waals surface area contributed by atoms with Crippen LogP contribution in [0.4, 0.5) is 13.2 Å². The zero-order valence-corrected chi connectivity index (χ0v) is 7.56. The lowest BCUT2D eigenvalue weighted by molar-refractivity contribution is -0.187. The fraction of sp³-hybridized carbons (Fsp3) is 0.667. The number of hydrogen-bond acceptors (Lipinski definition) is 3. The average molecular weight is 229 g/mol. The molecule has 1 aliphatic heterocycles. The van der Waals surface area contributed by atoms with Crippen LogP contribution in [-0.4, -0.2) is 45.7 Å². The van der Waals surface area contributed by atoms with Crippen molar-refractivity contribution in [3.8, 4) is 0 Å². The van der Waals surface area contributed by atoms with Crippen LogP contribution in [0.5, 0.6) is 0 Å². The van der Waals surface area contributed by atoms with Crippen LogP contribution in [0.1, 0.15) is 0 Å². The molecule has 0 radical (unpaired) electrons. The van der Waals surface area contributed by atoms with Gasteiger partial charge in [0, 0.05) is 5.75 Å². The summed E-state index contributed by atoms with van der Waals surface area (Å²) in [6.45, 7) is 0. The van der Waals surface area contributed by atoms with E-state index in [0.717, 1.165) is 11.8 Å². The largest absolute Gasteiger partial charge is 0.480 e. The maximum Gasteiger partial charge on any atom is 0.471 e.